The van der Waals surface area contributed by atoms with Crippen molar-refractivity contribution < 1.29 is 4.42 Å². The molecule has 0 spiro atoms. The number of benzene rings is 10. The molecule has 12 heteroatoms. The molecule has 0 aliphatic heterocycles. The van der Waals surface area contributed by atoms with Crippen LogP contribution in [0.25, 0.3) is 119 Å². The molecule has 0 saturated carbocycles. The fourth-order valence-electron chi connectivity index (χ4n) is 21.6. The van der Waals surface area contributed by atoms with Crippen molar-refractivity contribution >= 4 is 130 Å². The van der Waals surface area contributed by atoms with E-state index < -0.39 is 0 Å². The Bertz CT molecular complexity index is 7820. The monoisotopic (exact) mass is 1790 g/mol. The summed E-state index contributed by atoms with van der Waals surface area (Å²) >= 11 is 1.80. The van der Waals surface area contributed by atoms with E-state index in [2.05, 4.69) is 343 Å². The molecule has 0 saturated heterocycles. The summed E-state index contributed by atoms with van der Waals surface area (Å²) in [6.45, 7) is 107. The van der Waals surface area contributed by atoms with Gasteiger partial charge < -0.3 is 8.98 Å². The Labute approximate surface area is 798 Å². The summed E-state index contributed by atoms with van der Waals surface area (Å²) in [5.74, 6) is 2.44. The molecular weight excluding hydrogens is 1640 g/mol. The number of nitrogens with zero attached hydrogens (tertiary/aromatic N) is 10. The Morgan fingerprint density at radius 3 is 0.940 bits per heavy atom. The maximum absolute atomic E-state index is 5.60. The van der Waals surface area contributed by atoms with E-state index in [1.807, 2.05) is 27.7 Å². The van der Waals surface area contributed by atoms with E-state index in [0.29, 0.717) is 0 Å². The van der Waals surface area contributed by atoms with Crippen LogP contribution in [0.1, 0.15) is 274 Å². The summed E-state index contributed by atoms with van der Waals surface area (Å²) in [6.07, 6.45) is 0. The van der Waals surface area contributed by atoms with Gasteiger partial charge in [0.05, 0.1) is 42.8 Å². The lowest BCUT2D eigenvalue weighted by atomic mass is 9.82. The summed E-state index contributed by atoms with van der Waals surface area (Å²) < 4.78 is 9.30. The van der Waals surface area contributed by atoms with Crippen molar-refractivity contribution in [1.29, 1.82) is 0 Å². The fourth-order valence-corrected chi connectivity index (χ4v) is 22.6. The lowest BCUT2D eigenvalue weighted by Crippen LogP contribution is -2.04. The lowest BCUT2D eigenvalue weighted by molar-refractivity contribution is 0.559. The Morgan fingerprint density at radius 2 is 0.459 bits per heavy atom. The summed E-state index contributed by atoms with van der Waals surface area (Å²) in [6, 6.07) is 0. The first-order chi connectivity index (χ1) is 61.8. The second-order valence-electron chi connectivity index (χ2n) is 39.7. The predicted molar refractivity (Wildman–Crippen MR) is 579 cm³/mol. The van der Waals surface area contributed by atoms with Gasteiger partial charge in [-0.15, -0.1) is 11.3 Å². The van der Waals surface area contributed by atoms with E-state index in [1.54, 1.807) is 11.3 Å². The molecule has 18 rings (SSSR count). The van der Waals surface area contributed by atoms with Crippen LogP contribution in [0.15, 0.2) is 4.42 Å². The Kier molecular flexibility index (Phi) is 28.2. The number of thiazole rings is 1. The van der Waals surface area contributed by atoms with Crippen molar-refractivity contribution in [2.24, 2.45) is 7.05 Å². The van der Waals surface area contributed by atoms with Crippen LogP contribution in [-0.2, 0) is 7.05 Å². The molecule has 696 valence electrons. The zero-order chi connectivity index (χ0) is 99.3. The molecule has 0 unspecified atom stereocenters. The number of hydrogen-bond acceptors (Lipinski definition) is 11. The van der Waals surface area contributed by atoms with Crippen molar-refractivity contribution in [2.75, 3.05) is 0 Å². The normalized spacial score (nSPS) is 11.5. The highest BCUT2D eigenvalue weighted by Gasteiger charge is 2.28. The van der Waals surface area contributed by atoms with Crippen LogP contribution in [0.4, 0.5) is 0 Å². The average Bonchev–Trinajstić information content (AvgIpc) is 1.23. The number of aryl methyl sites for hydroxylation is 32. The lowest BCUT2D eigenvalue weighted by Gasteiger charge is -2.23. The third-order valence-corrected chi connectivity index (χ3v) is 34.3. The maximum Gasteiger partial charge on any atom is 0.192 e. The molecule has 8 heterocycles. The Morgan fingerprint density at radius 1 is 0.173 bits per heavy atom. The number of aromatic nitrogens is 10. The zero-order valence-electron chi connectivity index (χ0n) is 90.8. The zero-order valence-corrected chi connectivity index (χ0v) is 91.6. The molecule has 0 amide bonds. The van der Waals surface area contributed by atoms with E-state index in [1.165, 1.54) is 308 Å². The molecule has 11 nitrogen and oxygen atoms in total. The van der Waals surface area contributed by atoms with Crippen molar-refractivity contribution in [3.8, 4) is 0 Å². The van der Waals surface area contributed by atoms with Crippen LogP contribution in [0.5, 0.6) is 0 Å². The van der Waals surface area contributed by atoms with Crippen LogP contribution < -0.4 is 0 Å². The van der Waals surface area contributed by atoms with Gasteiger partial charge in [0.15, 0.2) is 11.5 Å². The first-order valence-corrected chi connectivity index (χ1v) is 48.6. The molecule has 0 bridgehead atoms. The molecule has 0 radical (unpaired) electrons. The van der Waals surface area contributed by atoms with E-state index in [0.717, 1.165) is 84.4 Å². The largest absolute Gasteiger partial charge is 0.441 e. The minimum atomic E-state index is 0.746. The third-order valence-electron chi connectivity index (χ3n) is 33.2. The SMILES string of the molecule is Cc1c(C)c(C)c2c(c1C)c(C)c(C)n2C.Cc1c(C)c(C)c2c(nc(C)c3c(C)c(C)c(C)c(C)c32)c1C.Cc1nc(C)c2c(C)c(C)c3c(C)c(C)c(C)c(C)c3c2n1.Cc1nc(C)c2c(n1)c1c(C)c(C)c(C)c(C)c1c1c(C)c(C)c(C)c(C)c21.Cc1nc2c(C)c(C)c(C)c(C)c2o1.Cc1nc2c(C)c(C)c(C)c(C)c2s1.Cc1nc2c(C)c(C)nc(C)c2c(C)c1C. The summed E-state index contributed by atoms with van der Waals surface area (Å²) in [5.41, 5.74) is 69.0. The molecular formula is C121H150N10OS. The van der Waals surface area contributed by atoms with E-state index in [-0.39, 0.29) is 0 Å². The topological polar surface area (TPSA) is 134 Å². The molecule has 18 aromatic rings. The predicted octanol–water partition coefficient (Wildman–Crippen LogP) is 33.2. The van der Waals surface area contributed by atoms with Gasteiger partial charge in [-0.25, -0.2) is 29.9 Å². The standard InChI is InChI=1S/C26H30N2.C22H27N.C20H24N2.C15H21N.C14H18N2.C12H15NO.C12H15NS/c1-11-12(2)17(7)23-21(15(11)5)22-16(6)13(3)14(4)18(8)24(22)26-25(23)19(9)27-20(10)28-26;1-10-11(2)15(6)20-19(14(10)5)18(9)23-22-17(8)13(4)12(3)16(7)21(20)22;1-9-10(2)12(4)19-17(11(9)3)13(5)14(6)18-15(7)21-16(8)22-20(18)19;1-8-9(2)11(4)15-14(10(8)3)12(5)13(6)16(15)7;1-7-8(2)13-12(6)15-11(5)9(3)14(13)16-10(7)4;2*1-6-7(2)9(4)12-11(8(6)3)13-10(5)14-12/h1-10H3;1-9H3;1-8H3;1-7H3;1-6H3;2*1-5H3. The number of pyridine rings is 3. The maximum atomic E-state index is 5.60. The summed E-state index contributed by atoms with van der Waals surface area (Å²) in [5, 5.41) is 18.5. The van der Waals surface area contributed by atoms with Gasteiger partial charge in [0, 0.05) is 96.9 Å². The van der Waals surface area contributed by atoms with E-state index in [4.69, 9.17) is 29.3 Å². The Balaban J connectivity index is 0.000000142. The molecule has 0 fully saturated rings. The highest BCUT2D eigenvalue weighted by Crippen LogP contribution is 2.48. The molecule has 8 aromatic heterocycles. The highest BCUT2D eigenvalue weighted by atomic mass is 32.1. The van der Waals surface area contributed by atoms with E-state index in [9.17, 15) is 0 Å². The minimum absolute atomic E-state index is 0.746. The quantitative estimate of drug-likeness (QED) is 0.135. The molecule has 10 aromatic carbocycles. The summed E-state index contributed by atoms with van der Waals surface area (Å²) in [4.78, 5) is 42.5. The van der Waals surface area contributed by atoms with Crippen molar-refractivity contribution in [2.45, 2.75) is 339 Å². The fraction of sp³-hybridized carbons (Fsp3) is 0.413. The van der Waals surface area contributed by atoms with Crippen LogP contribution in [0, 0.1) is 339 Å². The highest BCUT2D eigenvalue weighted by molar-refractivity contribution is 7.18. The van der Waals surface area contributed by atoms with Gasteiger partial charge in [-0.3, -0.25) is 15.0 Å². The Hall–Kier alpha value is -11.2. The number of fused-ring (bicyclic) bond motifs is 16. The van der Waals surface area contributed by atoms with Gasteiger partial charge in [0.2, 0.25) is 0 Å². The van der Waals surface area contributed by atoms with Crippen molar-refractivity contribution in [3.05, 3.63) is 274 Å². The minimum Gasteiger partial charge on any atom is -0.441 e. The first kappa shape index (κ1) is 101. The van der Waals surface area contributed by atoms with Crippen molar-refractivity contribution in [3.63, 3.8) is 0 Å². The van der Waals surface area contributed by atoms with E-state index >= 15 is 0 Å². The van der Waals surface area contributed by atoms with Crippen LogP contribution >= 0.6 is 11.3 Å². The second kappa shape index (κ2) is 37.2. The van der Waals surface area contributed by atoms with Gasteiger partial charge in [-0.2, -0.15) is 0 Å². The molecule has 0 aliphatic rings. The summed E-state index contributed by atoms with van der Waals surface area (Å²) in [7, 11) is 2.17. The molecule has 133 heavy (non-hydrogen) atoms. The molecule has 0 aliphatic carbocycles. The number of hydrogen-bond donors (Lipinski definition) is 0. The number of rotatable bonds is 0. The smallest absolute Gasteiger partial charge is 0.192 e. The van der Waals surface area contributed by atoms with Crippen LogP contribution in [0.2, 0.25) is 0 Å². The van der Waals surface area contributed by atoms with Crippen LogP contribution in [-0.4, -0.2) is 49.4 Å². The average molecular weight is 1790 g/mol. The van der Waals surface area contributed by atoms with Gasteiger partial charge in [0.1, 0.15) is 17.2 Å². The first-order valence-electron chi connectivity index (χ1n) is 47.7. The van der Waals surface area contributed by atoms with Gasteiger partial charge in [-0.1, -0.05) is 0 Å². The van der Waals surface area contributed by atoms with Gasteiger partial charge in [0.25, 0.3) is 0 Å². The van der Waals surface area contributed by atoms with Crippen LogP contribution in [0.3, 0.4) is 0 Å². The molecule has 0 N–H and O–H groups in total. The molecule has 0 atom stereocenters. The van der Waals surface area contributed by atoms with Gasteiger partial charge >= 0.3 is 0 Å². The number of oxazole rings is 1. The second-order valence-corrected chi connectivity index (χ2v) is 40.9. The van der Waals surface area contributed by atoms with Crippen molar-refractivity contribution in [1.82, 2.24) is 49.4 Å². The third kappa shape index (κ3) is 16.6. The van der Waals surface area contributed by atoms with Gasteiger partial charge in [-0.05, 0) is 571 Å².